The summed E-state index contributed by atoms with van der Waals surface area (Å²) >= 11 is 1.62. The second-order valence-corrected chi connectivity index (χ2v) is 9.77. The molecule has 33 heavy (non-hydrogen) atoms. The Hall–Kier alpha value is -3.26. The number of nitrogens with one attached hydrogen (secondary N) is 1. The Bertz CT molecular complexity index is 1190. The zero-order chi connectivity index (χ0) is 23.9. The number of aryl methyl sites for hydroxylation is 1. The van der Waals surface area contributed by atoms with E-state index in [2.05, 4.69) is 5.32 Å². The zero-order valence-corrected chi connectivity index (χ0v) is 19.8. The third kappa shape index (κ3) is 4.35. The molecule has 2 aromatic rings. The molecule has 4 rings (SSSR count). The monoisotopic (exact) mass is 466 g/mol. The number of hydrogen-bond acceptors (Lipinski definition) is 7. The van der Waals surface area contributed by atoms with Crippen LogP contribution in [-0.2, 0) is 14.3 Å². The van der Waals surface area contributed by atoms with Crippen LogP contribution < -0.4 is 5.32 Å². The Morgan fingerprint density at radius 1 is 1.24 bits per heavy atom. The first kappa shape index (κ1) is 22.9. The number of benzene rings is 1. The summed E-state index contributed by atoms with van der Waals surface area (Å²) in [6, 6.07) is 8.91. The number of thiophene rings is 1. The summed E-state index contributed by atoms with van der Waals surface area (Å²) in [4.78, 5) is 39.0. The molecule has 2 aliphatic rings. The minimum Gasteiger partial charge on any atom is -0.460 e. The predicted octanol–water partition coefficient (Wildman–Crippen LogP) is 5.28. The van der Waals surface area contributed by atoms with Gasteiger partial charge in [-0.15, -0.1) is 11.3 Å². The van der Waals surface area contributed by atoms with Crippen LogP contribution >= 0.6 is 11.3 Å². The van der Waals surface area contributed by atoms with Gasteiger partial charge in [0.2, 0.25) is 0 Å². The van der Waals surface area contributed by atoms with Gasteiger partial charge in [0.05, 0.1) is 16.6 Å². The summed E-state index contributed by atoms with van der Waals surface area (Å²) in [5.41, 5.74) is 3.22. The van der Waals surface area contributed by atoms with Gasteiger partial charge >= 0.3 is 5.97 Å². The summed E-state index contributed by atoms with van der Waals surface area (Å²) in [7, 11) is 0. The number of esters is 1. The van der Waals surface area contributed by atoms with Crippen LogP contribution in [-0.4, -0.2) is 22.8 Å². The summed E-state index contributed by atoms with van der Waals surface area (Å²) in [5.74, 6) is -1.24. The topological polar surface area (TPSA) is 98.5 Å². The van der Waals surface area contributed by atoms with E-state index in [0.29, 0.717) is 40.8 Å². The molecule has 0 bridgehead atoms. The lowest BCUT2D eigenvalue weighted by atomic mass is 9.72. The summed E-state index contributed by atoms with van der Waals surface area (Å²) in [5, 5.41) is 16.9. The fourth-order valence-corrected chi connectivity index (χ4v) is 5.48. The van der Waals surface area contributed by atoms with Crippen molar-refractivity contribution in [2.45, 2.75) is 58.5 Å². The van der Waals surface area contributed by atoms with E-state index in [1.165, 1.54) is 6.07 Å². The SMILES string of the molecule is CC1=C(C(=O)OC(C)C)[C@@H](c2ccc(C)c([N+](=O)[O-])c2)C2=C(C[C@@H](c3cccs3)CC2=O)N1. The number of ether oxygens (including phenoxy) is 1. The first-order valence-corrected chi connectivity index (χ1v) is 11.8. The number of hydrogen-bond donors (Lipinski definition) is 1. The molecule has 0 amide bonds. The number of dihydropyridines is 1. The maximum atomic E-state index is 13.5. The van der Waals surface area contributed by atoms with E-state index in [4.69, 9.17) is 4.74 Å². The highest BCUT2D eigenvalue weighted by molar-refractivity contribution is 7.10. The normalized spacial score (nSPS) is 20.6. The van der Waals surface area contributed by atoms with Crippen LogP contribution in [0.5, 0.6) is 0 Å². The van der Waals surface area contributed by atoms with Gasteiger partial charge in [-0.1, -0.05) is 18.2 Å². The van der Waals surface area contributed by atoms with Crippen LogP contribution in [0.4, 0.5) is 5.69 Å². The highest BCUT2D eigenvalue weighted by atomic mass is 32.1. The van der Waals surface area contributed by atoms with Gasteiger partial charge < -0.3 is 10.1 Å². The minimum atomic E-state index is -0.719. The fraction of sp³-hybridized carbons (Fsp3) is 0.360. The van der Waals surface area contributed by atoms with Crippen molar-refractivity contribution in [1.29, 1.82) is 0 Å². The number of nitrogens with zero attached hydrogens (tertiary/aromatic N) is 1. The lowest BCUT2D eigenvalue weighted by Gasteiger charge is -2.36. The Morgan fingerprint density at radius 3 is 2.64 bits per heavy atom. The van der Waals surface area contributed by atoms with Crippen molar-refractivity contribution >= 4 is 28.8 Å². The molecule has 7 nitrogen and oxygen atoms in total. The highest BCUT2D eigenvalue weighted by Gasteiger charge is 2.42. The molecule has 172 valence electrons. The van der Waals surface area contributed by atoms with Crippen molar-refractivity contribution in [3.8, 4) is 0 Å². The van der Waals surface area contributed by atoms with E-state index in [1.807, 2.05) is 17.5 Å². The quantitative estimate of drug-likeness (QED) is 0.366. The predicted molar refractivity (Wildman–Crippen MR) is 126 cm³/mol. The lowest BCUT2D eigenvalue weighted by Crippen LogP contribution is -2.36. The van der Waals surface area contributed by atoms with Gasteiger partial charge in [0.25, 0.3) is 5.69 Å². The van der Waals surface area contributed by atoms with Gasteiger partial charge in [-0.3, -0.25) is 14.9 Å². The lowest BCUT2D eigenvalue weighted by molar-refractivity contribution is -0.385. The summed E-state index contributed by atoms with van der Waals surface area (Å²) in [6.45, 7) is 6.98. The van der Waals surface area contributed by atoms with Gasteiger partial charge in [0, 0.05) is 51.7 Å². The molecule has 1 aromatic carbocycles. The first-order chi connectivity index (χ1) is 15.7. The first-order valence-electron chi connectivity index (χ1n) is 10.9. The van der Waals surface area contributed by atoms with Crippen molar-refractivity contribution in [3.05, 3.63) is 84.4 Å². The second-order valence-electron chi connectivity index (χ2n) is 8.79. The van der Waals surface area contributed by atoms with E-state index in [-0.39, 0.29) is 23.5 Å². The van der Waals surface area contributed by atoms with Crippen LogP contribution in [0.25, 0.3) is 0 Å². The van der Waals surface area contributed by atoms with E-state index in [1.54, 1.807) is 51.2 Å². The standard InChI is InChI=1S/C25H26N2O5S/c1-13(2)32-25(29)22-15(4)26-18-10-17(21-6-5-9-33-21)12-20(28)24(18)23(22)16-8-7-14(3)19(11-16)27(30)31/h5-9,11,13,17,23,26H,10,12H2,1-4H3/t17-,23-/m1/s1. The smallest absolute Gasteiger partial charge is 0.337 e. The van der Waals surface area contributed by atoms with Crippen LogP contribution in [0.2, 0.25) is 0 Å². The van der Waals surface area contributed by atoms with E-state index >= 15 is 0 Å². The number of Topliss-reactive ketones (excluding diaryl/α,β-unsaturated/α-hetero) is 1. The average molecular weight is 467 g/mol. The van der Waals surface area contributed by atoms with Gasteiger partial charge in [0.1, 0.15) is 0 Å². The fourth-order valence-electron chi connectivity index (χ4n) is 4.65. The number of rotatable bonds is 5. The van der Waals surface area contributed by atoms with Crippen LogP contribution in [0.1, 0.15) is 61.5 Å². The number of allylic oxidation sites excluding steroid dienone is 3. The Kier molecular flexibility index (Phi) is 6.21. The minimum absolute atomic E-state index is 0.0397. The number of carbonyl (C=O) groups excluding carboxylic acids is 2. The summed E-state index contributed by atoms with van der Waals surface area (Å²) in [6.07, 6.45) is 0.624. The molecular weight excluding hydrogens is 440 g/mol. The molecule has 0 fully saturated rings. The number of nitro groups is 1. The van der Waals surface area contributed by atoms with E-state index in [9.17, 15) is 19.7 Å². The van der Waals surface area contributed by atoms with Gasteiger partial charge in [-0.2, -0.15) is 0 Å². The molecule has 1 N–H and O–H groups in total. The van der Waals surface area contributed by atoms with Crippen molar-refractivity contribution in [2.75, 3.05) is 0 Å². The molecule has 1 aliphatic carbocycles. The molecule has 0 saturated heterocycles. The molecule has 1 aromatic heterocycles. The van der Waals surface area contributed by atoms with Crippen LogP contribution in [0.3, 0.4) is 0 Å². The van der Waals surface area contributed by atoms with Crippen molar-refractivity contribution < 1.29 is 19.2 Å². The number of nitro benzene ring substituents is 1. The van der Waals surface area contributed by atoms with Gasteiger partial charge in [-0.25, -0.2) is 4.79 Å². The molecule has 1 aliphatic heterocycles. The van der Waals surface area contributed by atoms with Gasteiger partial charge in [-0.05, 0) is 51.1 Å². The van der Waals surface area contributed by atoms with E-state index < -0.39 is 16.8 Å². The Morgan fingerprint density at radius 2 is 2.00 bits per heavy atom. The molecular formula is C25H26N2O5S. The maximum absolute atomic E-state index is 13.5. The molecule has 2 atom stereocenters. The van der Waals surface area contributed by atoms with Crippen molar-refractivity contribution in [3.63, 3.8) is 0 Å². The Labute approximate surface area is 196 Å². The van der Waals surface area contributed by atoms with Gasteiger partial charge in [0.15, 0.2) is 5.78 Å². The molecule has 0 radical (unpaired) electrons. The highest BCUT2D eigenvalue weighted by Crippen LogP contribution is 2.47. The number of ketones is 1. The molecule has 0 unspecified atom stereocenters. The molecule has 2 heterocycles. The summed E-state index contributed by atoms with van der Waals surface area (Å²) < 4.78 is 5.51. The maximum Gasteiger partial charge on any atom is 0.337 e. The average Bonchev–Trinajstić information content (AvgIpc) is 3.27. The van der Waals surface area contributed by atoms with Crippen LogP contribution in [0.15, 0.2) is 58.3 Å². The third-order valence-electron chi connectivity index (χ3n) is 6.10. The number of carbonyl (C=O) groups is 2. The third-order valence-corrected chi connectivity index (χ3v) is 7.13. The van der Waals surface area contributed by atoms with Crippen molar-refractivity contribution in [2.24, 2.45) is 0 Å². The largest absolute Gasteiger partial charge is 0.460 e. The zero-order valence-electron chi connectivity index (χ0n) is 19.0. The second kappa shape index (κ2) is 8.94. The molecule has 8 heteroatoms. The Balaban J connectivity index is 1.86. The van der Waals surface area contributed by atoms with E-state index in [0.717, 1.165) is 10.6 Å². The molecule has 0 spiro atoms. The van der Waals surface area contributed by atoms with Crippen LogP contribution in [0, 0.1) is 17.0 Å². The molecule has 0 saturated carbocycles. The van der Waals surface area contributed by atoms with Crippen molar-refractivity contribution in [1.82, 2.24) is 5.32 Å².